The van der Waals surface area contributed by atoms with Gasteiger partial charge in [0.15, 0.2) is 11.5 Å². The first-order valence-electron chi connectivity index (χ1n) is 10.6. The summed E-state index contributed by atoms with van der Waals surface area (Å²) in [5.74, 6) is 0.450. The molecule has 9 nitrogen and oxygen atoms in total. The number of fused-ring (bicyclic) bond motifs is 1. The number of aryl methyl sites for hydroxylation is 2. The number of carbonyl (C=O) groups excluding carboxylic acids is 3. The number of esters is 1. The van der Waals surface area contributed by atoms with Gasteiger partial charge in [-0.15, -0.1) is 0 Å². The second kappa shape index (κ2) is 8.16. The van der Waals surface area contributed by atoms with E-state index in [1.807, 2.05) is 38.1 Å². The van der Waals surface area contributed by atoms with Crippen LogP contribution >= 0.6 is 0 Å². The molecule has 2 N–H and O–H groups in total. The molecule has 0 radical (unpaired) electrons. The van der Waals surface area contributed by atoms with Gasteiger partial charge < -0.3 is 24.8 Å². The third kappa shape index (κ3) is 3.86. The van der Waals surface area contributed by atoms with Crippen molar-refractivity contribution >= 4 is 17.9 Å². The number of benzene rings is 2. The summed E-state index contributed by atoms with van der Waals surface area (Å²) in [6, 6.07) is 10.2. The molecule has 3 heterocycles. The Labute approximate surface area is 190 Å². The second-order valence-corrected chi connectivity index (χ2v) is 8.23. The highest BCUT2D eigenvalue weighted by atomic mass is 16.7. The van der Waals surface area contributed by atoms with E-state index in [1.165, 1.54) is 4.90 Å². The van der Waals surface area contributed by atoms with Gasteiger partial charge in [0.2, 0.25) is 12.7 Å². The molecule has 5 rings (SSSR count). The van der Waals surface area contributed by atoms with E-state index >= 15 is 0 Å². The maximum Gasteiger partial charge on any atom is 0.338 e. The average Bonchev–Trinajstić information content (AvgIpc) is 3.42. The van der Waals surface area contributed by atoms with E-state index in [4.69, 9.17) is 14.2 Å². The highest BCUT2D eigenvalue weighted by Crippen LogP contribution is 2.36. The Bertz CT molecular complexity index is 1200. The highest BCUT2D eigenvalue weighted by molar-refractivity contribution is 5.98. The van der Waals surface area contributed by atoms with Crippen LogP contribution in [0.5, 0.6) is 11.5 Å². The van der Waals surface area contributed by atoms with E-state index in [0.717, 1.165) is 22.3 Å². The van der Waals surface area contributed by atoms with E-state index < -0.39 is 18.0 Å². The van der Waals surface area contributed by atoms with Crippen LogP contribution in [0, 0.1) is 13.8 Å². The average molecular weight is 449 g/mol. The smallest absolute Gasteiger partial charge is 0.338 e. The Hall–Kier alpha value is -4.01. The van der Waals surface area contributed by atoms with Crippen molar-refractivity contribution in [3.05, 3.63) is 69.9 Å². The van der Waals surface area contributed by atoms with Crippen molar-refractivity contribution in [1.29, 1.82) is 0 Å². The molecule has 33 heavy (non-hydrogen) atoms. The van der Waals surface area contributed by atoms with Gasteiger partial charge in [0.1, 0.15) is 13.2 Å². The lowest BCUT2D eigenvalue weighted by atomic mass is 9.91. The summed E-state index contributed by atoms with van der Waals surface area (Å²) in [5, 5.41) is 5.68. The van der Waals surface area contributed by atoms with Crippen LogP contribution in [0.15, 0.2) is 47.7 Å². The molecule has 170 valence electrons. The molecule has 0 saturated carbocycles. The van der Waals surface area contributed by atoms with Gasteiger partial charge in [0.25, 0.3) is 0 Å². The predicted octanol–water partition coefficient (Wildman–Crippen LogP) is 2.23. The molecular formula is C24H23N3O6. The van der Waals surface area contributed by atoms with Crippen molar-refractivity contribution in [2.45, 2.75) is 26.4 Å². The lowest BCUT2D eigenvalue weighted by molar-refractivity contribution is -0.136. The number of hydrogen-bond acceptors (Lipinski definition) is 6. The quantitative estimate of drug-likeness (QED) is 0.678. The van der Waals surface area contributed by atoms with Crippen molar-refractivity contribution in [3.63, 3.8) is 0 Å². The molecule has 0 fully saturated rings. The lowest BCUT2D eigenvalue weighted by Gasteiger charge is -2.33. The second-order valence-electron chi connectivity index (χ2n) is 8.23. The van der Waals surface area contributed by atoms with Crippen LogP contribution in [0.1, 0.15) is 28.3 Å². The van der Waals surface area contributed by atoms with Crippen molar-refractivity contribution in [1.82, 2.24) is 15.5 Å². The van der Waals surface area contributed by atoms with Crippen molar-refractivity contribution in [3.8, 4) is 11.5 Å². The number of urea groups is 1. The molecule has 3 amide bonds. The molecule has 0 saturated heterocycles. The molecular weight excluding hydrogens is 426 g/mol. The van der Waals surface area contributed by atoms with E-state index in [9.17, 15) is 14.4 Å². The van der Waals surface area contributed by atoms with Crippen molar-refractivity contribution in [2.24, 2.45) is 0 Å². The van der Waals surface area contributed by atoms with Crippen LogP contribution in [0.2, 0.25) is 0 Å². The zero-order valence-corrected chi connectivity index (χ0v) is 18.3. The van der Waals surface area contributed by atoms with Crippen LogP contribution in [0.25, 0.3) is 0 Å². The first-order chi connectivity index (χ1) is 15.9. The number of nitrogens with zero attached hydrogens (tertiary/aromatic N) is 1. The maximum atomic E-state index is 13.0. The Balaban J connectivity index is 1.33. The summed E-state index contributed by atoms with van der Waals surface area (Å²) < 4.78 is 15.9. The zero-order valence-electron chi connectivity index (χ0n) is 18.3. The van der Waals surface area contributed by atoms with Gasteiger partial charge in [-0.1, -0.05) is 29.8 Å². The molecule has 2 aromatic carbocycles. The number of rotatable bonds is 5. The number of ether oxygens (including phenoxy) is 3. The van der Waals surface area contributed by atoms with Crippen LogP contribution in [-0.4, -0.2) is 42.8 Å². The fourth-order valence-electron chi connectivity index (χ4n) is 4.23. The Kier molecular flexibility index (Phi) is 5.16. The highest BCUT2D eigenvalue weighted by Gasteiger charge is 2.43. The minimum atomic E-state index is -0.615. The molecule has 9 heteroatoms. The summed E-state index contributed by atoms with van der Waals surface area (Å²) in [7, 11) is 0. The summed E-state index contributed by atoms with van der Waals surface area (Å²) in [6.07, 6.45) is 0. The van der Waals surface area contributed by atoms with Gasteiger partial charge in [-0.05, 0) is 42.7 Å². The molecule has 3 aliphatic rings. The Morgan fingerprint density at radius 1 is 1.09 bits per heavy atom. The molecule has 1 unspecified atom stereocenters. The summed E-state index contributed by atoms with van der Waals surface area (Å²) >= 11 is 0. The monoisotopic (exact) mass is 449 g/mol. The molecule has 0 bridgehead atoms. The summed E-state index contributed by atoms with van der Waals surface area (Å²) in [4.78, 5) is 39.4. The molecule has 1 atom stereocenters. The van der Waals surface area contributed by atoms with Crippen LogP contribution in [0.3, 0.4) is 0 Å². The first kappa shape index (κ1) is 20.9. The molecule has 0 spiro atoms. The largest absolute Gasteiger partial charge is 0.456 e. The third-order valence-corrected chi connectivity index (χ3v) is 5.97. The summed E-state index contributed by atoms with van der Waals surface area (Å²) in [5.41, 5.74) is 4.43. The third-order valence-electron chi connectivity index (χ3n) is 5.97. The standard InChI is InChI=1S/C24H23N3O6/c1-13-3-4-14(2)16(7-13)22-21-17(11-31-23(21)29)27(24(30)26-22)10-20(28)25-9-15-5-6-18-19(8-15)33-12-32-18/h3-8,22H,9-12H2,1-2H3,(H,25,28)(H,26,30). The van der Waals surface area contributed by atoms with Gasteiger partial charge >= 0.3 is 12.0 Å². The molecule has 2 aromatic rings. The van der Waals surface area contributed by atoms with E-state index in [0.29, 0.717) is 22.8 Å². The zero-order chi connectivity index (χ0) is 23.1. The van der Waals surface area contributed by atoms with Crippen LogP contribution in [-0.2, 0) is 20.9 Å². The number of amides is 3. The Morgan fingerprint density at radius 3 is 2.76 bits per heavy atom. The fraction of sp³-hybridized carbons (Fsp3) is 0.292. The Morgan fingerprint density at radius 2 is 1.91 bits per heavy atom. The fourth-order valence-corrected chi connectivity index (χ4v) is 4.23. The van der Waals surface area contributed by atoms with Crippen LogP contribution < -0.4 is 20.1 Å². The van der Waals surface area contributed by atoms with Crippen molar-refractivity contribution < 1.29 is 28.6 Å². The molecule has 0 aromatic heterocycles. The van der Waals surface area contributed by atoms with Gasteiger partial charge in [0, 0.05) is 6.54 Å². The molecule has 0 aliphatic carbocycles. The number of carbonyl (C=O) groups is 3. The first-order valence-corrected chi connectivity index (χ1v) is 10.6. The van der Waals surface area contributed by atoms with E-state index in [-0.39, 0.29) is 32.4 Å². The minimum absolute atomic E-state index is 0.0433. The SMILES string of the molecule is Cc1ccc(C)c(C2NC(=O)N(CC(=O)NCc3ccc4c(c3)OCO4)C3=C2C(=O)OC3)c1. The molecule has 3 aliphatic heterocycles. The van der Waals surface area contributed by atoms with Crippen LogP contribution in [0.4, 0.5) is 4.79 Å². The topological polar surface area (TPSA) is 106 Å². The van der Waals surface area contributed by atoms with E-state index in [1.54, 1.807) is 12.1 Å². The minimum Gasteiger partial charge on any atom is -0.456 e. The lowest BCUT2D eigenvalue weighted by Crippen LogP contribution is -2.50. The van der Waals surface area contributed by atoms with Gasteiger partial charge in [0.05, 0.1) is 17.3 Å². The number of nitrogens with one attached hydrogen (secondary N) is 2. The normalized spacial score (nSPS) is 18.7. The predicted molar refractivity (Wildman–Crippen MR) is 116 cm³/mol. The number of cyclic esters (lactones) is 1. The summed E-state index contributed by atoms with van der Waals surface area (Å²) in [6.45, 7) is 4.04. The van der Waals surface area contributed by atoms with E-state index in [2.05, 4.69) is 10.6 Å². The number of hydrogen-bond donors (Lipinski definition) is 2. The van der Waals surface area contributed by atoms with Gasteiger partial charge in [-0.2, -0.15) is 0 Å². The van der Waals surface area contributed by atoms with Gasteiger partial charge in [-0.3, -0.25) is 9.69 Å². The van der Waals surface area contributed by atoms with Gasteiger partial charge in [-0.25, -0.2) is 9.59 Å². The maximum absolute atomic E-state index is 13.0. The van der Waals surface area contributed by atoms with Crippen molar-refractivity contribution in [2.75, 3.05) is 19.9 Å².